The quantitative estimate of drug-likeness (QED) is 0.870. The minimum absolute atomic E-state index is 0.303. The molecular weight excluding hydrogens is 325 g/mol. The monoisotopic (exact) mass is 349 g/mol. The van der Waals surface area contributed by atoms with Crippen molar-refractivity contribution in [2.75, 3.05) is 6.54 Å². The first-order valence-corrected chi connectivity index (χ1v) is 8.09. The second kappa shape index (κ2) is 7.65. The lowest BCUT2D eigenvalue weighted by Crippen LogP contribution is -2.34. The van der Waals surface area contributed by atoms with Crippen molar-refractivity contribution in [1.82, 2.24) is 15.1 Å². The predicted molar refractivity (Wildman–Crippen MR) is 92.5 cm³/mol. The second-order valence-electron chi connectivity index (χ2n) is 6.83. The third-order valence-electron chi connectivity index (χ3n) is 3.55. The van der Waals surface area contributed by atoms with E-state index >= 15 is 0 Å². The smallest absolute Gasteiger partial charge is 0.407 e. The Balaban J connectivity index is 1.98. The Morgan fingerprint density at radius 3 is 2.68 bits per heavy atom. The zero-order valence-corrected chi connectivity index (χ0v) is 15.0. The molecule has 7 heteroatoms. The van der Waals surface area contributed by atoms with Gasteiger partial charge in [0.25, 0.3) is 0 Å². The number of aliphatic hydroxyl groups excluding tert-OH is 1. The van der Waals surface area contributed by atoms with E-state index in [4.69, 9.17) is 4.74 Å². The highest BCUT2D eigenvalue weighted by atomic mass is 19.1. The van der Waals surface area contributed by atoms with Gasteiger partial charge < -0.3 is 15.2 Å². The fourth-order valence-corrected chi connectivity index (χ4v) is 2.36. The molecule has 2 aromatic rings. The number of carbonyl (C=O) groups excluding carboxylic acids is 1. The van der Waals surface area contributed by atoms with Crippen molar-refractivity contribution in [1.29, 1.82) is 0 Å². The number of aromatic nitrogens is 2. The Morgan fingerprint density at radius 2 is 2.08 bits per heavy atom. The van der Waals surface area contributed by atoms with Crippen LogP contribution in [0.1, 0.15) is 31.9 Å². The van der Waals surface area contributed by atoms with Crippen LogP contribution in [0, 0.1) is 12.7 Å². The average molecular weight is 349 g/mol. The summed E-state index contributed by atoms with van der Waals surface area (Å²) >= 11 is 0. The summed E-state index contributed by atoms with van der Waals surface area (Å²) in [4.78, 5) is 11.6. The van der Waals surface area contributed by atoms with Crippen LogP contribution in [0.15, 0.2) is 24.5 Å². The Labute approximate surface area is 146 Å². The highest BCUT2D eigenvalue weighted by Crippen LogP contribution is 2.24. The van der Waals surface area contributed by atoms with E-state index in [2.05, 4.69) is 10.4 Å². The van der Waals surface area contributed by atoms with E-state index in [9.17, 15) is 14.3 Å². The minimum Gasteiger partial charge on any atom is -0.444 e. The van der Waals surface area contributed by atoms with Crippen LogP contribution in [0.2, 0.25) is 0 Å². The standard InChI is InChI=1S/C18H24FN3O3/c1-12-7-13(8-16(19)15(12)11-23)14-9-21-22(10-14)6-5-20-17(24)25-18(2,3)4/h7-10,23H,5-6,11H2,1-4H3,(H,20,24). The van der Waals surface area contributed by atoms with Crippen LogP contribution in [-0.4, -0.2) is 33.1 Å². The van der Waals surface area contributed by atoms with E-state index in [1.165, 1.54) is 6.07 Å². The molecule has 1 amide bonds. The molecule has 2 rings (SSSR count). The summed E-state index contributed by atoms with van der Waals surface area (Å²) in [7, 11) is 0. The maximum atomic E-state index is 14.0. The number of hydrogen-bond acceptors (Lipinski definition) is 4. The van der Waals surface area contributed by atoms with Crippen LogP contribution < -0.4 is 5.32 Å². The molecule has 0 bridgehead atoms. The molecule has 0 unspecified atom stereocenters. The molecule has 1 heterocycles. The molecule has 1 aromatic heterocycles. The topological polar surface area (TPSA) is 76.4 Å². The SMILES string of the molecule is Cc1cc(-c2cnn(CCNC(=O)OC(C)(C)C)c2)cc(F)c1CO. The van der Waals surface area contributed by atoms with Gasteiger partial charge in [-0.1, -0.05) is 6.07 Å². The largest absolute Gasteiger partial charge is 0.444 e. The molecule has 0 fully saturated rings. The summed E-state index contributed by atoms with van der Waals surface area (Å²) in [6.45, 7) is 7.67. The van der Waals surface area contributed by atoms with Crippen molar-refractivity contribution in [3.8, 4) is 11.1 Å². The molecule has 136 valence electrons. The van der Waals surface area contributed by atoms with Gasteiger partial charge in [0.2, 0.25) is 0 Å². The van der Waals surface area contributed by atoms with E-state index in [-0.39, 0.29) is 6.61 Å². The molecule has 0 saturated heterocycles. The van der Waals surface area contributed by atoms with Crippen molar-refractivity contribution in [2.45, 2.75) is 46.4 Å². The molecule has 0 radical (unpaired) electrons. The number of benzene rings is 1. The van der Waals surface area contributed by atoms with Gasteiger partial charge in [-0.05, 0) is 44.9 Å². The first kappa shape index (κ1) is 18.9. The van der Waals surface area contributed by atoms with Gasteiger partial charge in [-0.2, -0.15) is 5.10 Å². The molecule has 25 heavy (non-hydrogen) atoms. The van der Waals surface area contributed by atoms with Crippen molar-refractivity contribution >= 4 is 6.09 Å². The first-order valence-electron chi connectivity index (χ1n) is 8.09. The van der Waals surface area contributed by atoms with Gasteiger partial charge in [-0.15, -0.1) is 0 Å². The summed E-state index contributed by atoms with van der Waals surface area (Å²) in [5.74, 6) is -0.433. The first-order chi connectivity index (χ1) is 11.7. The summed E-state index contributed by atoms with van der Waals surface area (Å²) in [5, 5.41) is 16.1. The van der Waals surface area contributed by atoms with E-state index in [1.54, 1.807) is 44.8 Å². The summed E-state index contributed by atoms with van der Waals surface area (Å²) < 4.78 is 20.8. The number of carbonyl (C=O) groups is 1. The molecule has 0 aliphatic rings. The van der Waals surface area contributed by atoms with Gasteiger partial charge in [0.05, 0.1) is 19.3 Å². The highest BCUT2D eigenvalue weighted by Gasteiger charge is 2.15. The molecule has 2 N–H and O–H groups in total. The Morgan fingerprint density at radius 1 is 1.36 bits per heavy atom. The summed E-state index contributed by atoms with van der Waals surface area (Å²) in [5.41, 5.74) is 1.92. The number of aliphatic hydroxyl groups is 1. The minimum atomic E-state index is -0.536. The Hall–Kier alpha value is -2.41. The predicted octanol–water partition coefficient (Wildman–Crippen LogP) is 3.01. The Kier molecular flexibility index (Phi) is 5.79. The molecule has 0 atom stereocenters. The van der Waals surface area contributed by atoms with Crippen molar-refractivity contribution in [2.24, 2.45) is 0 Å². The third kappa shape index (κ3) is 5.29. The number of nitrogens with one attached hydrogen (secondary N) is 1. The van der Waals surface area contributed by atoms with Gasteiger partial charge in [0, 0.05) is 23.9 Å². The van der Waals surface area contributed by atoms with Gasteiger partial charge in [-0.3, -0.25) is 4.68 Å². The van der Waals surface area contributed by atoms with E-state index in [0.29, 0.717) is 29.8 Å². The maximum Gasteiger partial charge on any atom is 0.407 e. The number of aryl methyl sites for hydroxylation is 1. The van der Waals surface area contributed by atoms with Crippen molar-refractivity contribution in [3.05, 3.63) is 41.5 Å². The van der Waals surface area contributed by atoms with Crippen molar-refractivity contribution in [3.63, 3.8) is 0 Å². The number of ether oxygens (including phenoxy) is 1. The Bertz CT molecular complexity index is 727. The lowest BCUT2D eigenvalue weighted by molar-refractivity contribution is 0.0525. The van der Waals surface area contributed by atoms with E-state index in [0.717, 1.165) is 5.56 Å². The zero-order valence-electron chi connectivity index (χ0n) is 15.0. The fourth-order valence-electron chi connectivity index (χ4n) is 2.36. The van der Waals surface area contributed by atoms with Crippen molar-refractivity contribution < 1.29 is 19.0 Å². The van der Waals surface area contributed by atoms with Crippen LogP contribution in [0.25, 0.3) is 11.1 Å². The van der Waals surface area contributed by atoms with Crippen LogP contribution in [0.5, 0.6) is 0 Å². The molecule has 1 aromatic carbocycles. The van der Waals surface area contributed by atoms with Gasteiger partial charge in [-0.25, -0.2) is 9.18 Å². The number of nitrogens with zero attached hydrogens (tertiary/aromatic N) is 2. The number of amides is 1. The second-order valence-corrected chi connectivity index (χ2v) is 6.83. The normalized spacial score (nSPS) is 11.4. The number of alkyl carbamates (subject to hydrolysis) is 1. The summed E-state index contributed by atoms with van der Waals surface area (Å²) in [6.07, 6.45) is 2.95. The molecule has 0 aliphatic carbocycles. The molecular formula is C18H24FN3O3. The fraction of sp³-hybridized carbons (Fsp3) is 0.444. The van der Waals surface area contributed by atoms with Crippen LogP contribution in [0.4, 0.5) is 9.18 Å². The van der Waals surface area contributed by atoms with Crippen LogP contribution in [-0.2, 0) is 17.9 Å². The highest BCUT2D eigenvalue weighted by molar-refractivity contribution is 5.67. The molecule has 6 nitrogen and oxygen atoms in total. The molecule has 0 spiro atoms. The lowest BCUT2D eigenvalue weighted by atomic mass is 10.0. The number of rotatable bonds is 5. The van der Waals surface area contributed by atoms with Gasteiger partial charge in [0.15, 0.2) is 0 Å². The van der Waals surface area contributed by atoms with Crippen LogP contribution >= 0.6 is 0 Å². The summed E-state index contributed by atoms with van der Waals surface area (Å²) in [6, 6.07) is 3.20. The van der Waals surface area contributed by atoms with Crippen LogP contribution in [0.3, 0.4) is 0 Å². The van der Waals surface area contributed by atoms with E-state index < -0.39 is 17.5 Å². The van der Waals surface area contributed by atoms with E-state index in [1.807, 2.05) is 6.07 Å². The maximum absolute atomic E-state index is 14.0. The lowest BCUT2D eigenvalue weighted by Gasteiger charge is -2.19. The average Bonchev–Trinajstić information content (AvgIpc) is 2.94. The van der Waals surface area contributed by atoms with Gasteiger partial charge >= 0.3 is 6.09 Å². The van der Waals surface area contributed by atoms with Gasteiger partial charge in [0.1, 0.15) is 11.4 Å². The molecule has 0 aliphatic heterocycles. The third-order valence-corrected chi connectivity index (χ3v) is 3.55. The molecule has 0 saturated carbocycles. The number of hydrogen-bond donors (Lipinski definition) is 2. The number of halogens is 1. The zero-order chi connectivity index (χ0) is 18.6.